The minimum atomic E-state index is -0.234. The number of nitrogens with zero attached hydrogens (tertiary/aromatic N) is 1. The second-order valence-electron chi connectivity index (χ2n) is 5.15. The molecule has 1 aliphatic rings. The van der Waals surface area contributed by atoms with Crippen LogP contribution in [0.2, 0.25) is 0 Å². The average molecular weight is 279 g/mol. The van der Waals surface area contributed by atoms with Crippen molar-refractivity contribution in [1.82, 2.24) is 9.88 Å². The Morgan fingerprint density at radius 2 is 2.25 bits per heavy atom. The molecule has 1 fully saturated rings. The van der Waals surface area contributed by atoms with E-state index in [1.165, 1.54) is 35.7 Å². The Morgan fingerprint density at radius 1 is 1.45 bits per heavy atom. The fourth-order valence-corrected chi connectivity index (χ4v) is 1.82. The number of nitrogens with two attached hydrogens (primary N) is 1. The Hall–Kier alpha value is -1.82. The fourth-order valence-electron chi connectivity index (χ4n) is 1.82. The normalized spacial score (nSPS) is 14.2. The van der Waals surface area contributed by atoms with Gasteiger partial charge in [-0.3, -0.25) is 9.59 Å². The van der Waals surface area contributed by atoms with E-state index in [0.29, 0.717) is 18.8 Å². The van der Waals surface area contributed by atoms with E-state index in [4.69, 9.17) is 10.5 Å². The van der Waals surface area contributed by atoms with E-state index in [1.807, 2.05) is 0 Å². The number of carbonyl (C=O) groups is 1. The van der Waals surface area contributed by atoms with Gasteiger partial charge in [0.15, 0.2) is 0 Å². The van der Waals surface area contributed by atoms with Gasteiger partial charge in [-0.25, -0.2) is 0 Å². The van der Waals surface area contributed by atoms with Gasteiger partial charge in [-0.2, -0.15) is 0 Å². The van der Waals surface area contributed by atoms with Crippen LogP contribution in [0, 0.1) is 5.92 Å². The third kappa shape index (κ3) is 5.05. The van der Waals surface area contributed by atoms with Crippen LogP contribution in [0.3, 0.4) is 0 Å². The van der Waals surface area contributed by atoms with E-state index >= 15 is 0 Å². The monoisotopic (exact) mass is 279 g/mol. The number of pyridine rings is 1. The molecule has 6 nitrogen and oxygen atoms in total. The van der Waals surface area contributed by atoms with Crippen LogP contribution in [0.4, 0.5) is 5.69 Å². The summed E-state index contributed by atoms with van der Waals surface area (Å²) in [5, 5.41) is 2.76. The van der Waals surface area contributed by atoms with E-state index in [1.54, 1.807) is 0 Å². The van der Waals surface area contributed by atoms with Gasteiger partial charge < -0.3 is 20.4 Å². The van der Waals surface area contributed by atoms with Crippen molar-refractivity contribution in [3.63, 3.8) is 0 Å². The van der Waals surface area contributed by atoms with Gasteiger partial charge in [-0.05, 0) is 31.2 Å². The third-order valence-electron chi connectivity index (χ3n) is 3.16. The average Bonchev–Trinajstić information content (AvgIpc) is 3.22. The largest absolute Gasteiger partial charge is 0.398 e. The molecular formula is C14H21N3O3. The van der Waals surface area contributed by atoms with Crippen molar-refractivity contribution >= 4 is 11.6 Å². The molecule has 1 aromatic rings. The molecule has 1 heterocycles. The summed E-state index contributed by atoms with van der Waals surface area (Å²) in [5.41, 5.74) is 5.81. The maximum Gasteiger partial charge on any atom is 0.251 e. The van der Waals surface area contributed by atoms with Crippen molar-refractivity contribution < 1.29 is 9.53 Å². The summed E-state index contributed by atoms with van der Waals surface area (Å²) in [6.07, 6.45) is 4.82. The number of amides is 1. The molecule has 20 heavy (non-hydrogen) atoms. The van der Waals surface area contributed by atoms with Crippen molar-refractivity contribution in [2.75, 3.05) is 25.5 Å². The van der Waals surface area contributed by atoms with Crippen LogP contribution in [0.25, 0.3) is 0 Å². The van der Waals surface area contributed by atoms with Crippen molar-refractivity contribution in [2.45, 2.75) is 25.8 Å². The molecule has 0 unspecified atom stereocenters. The van der Waals surface area contributed by atoms with Crippen LogP contribution in [0.15, 0.2) is 23.1 Å². The number of carbonyl (C=O) groups excluding carboxylic acids is 1. The Bertz CT molecular complexity index is 509. The van der Waals surface area contributed by atoms with Gasteiger partial charge in [0.2, 0.25) is 5.91 Å². The number of aromatic nitrogens is 1. The summed E-state index contributed by atoms with van der Waals surface area (Å²) in [5.74, 6) is 0.569. The van der Waals surface area contributed by atoms with Gasteiger partial charge in [-0.1, -0.05) is 0 Å². The zero-order valence-corrected chi connectivity index (χ0v) is 11.5. The molecule has 0 aliphatic heterocycles. The molecule has 3 N–H and O–H groups in total. The topological polar surface area (TPSA) is 86.4 Å². The maximum atomic E-state index is 11.7. The lowest BCUT2D eigenvalue weighted by atomic mass is 10.4. The molecule has 0 bridgehead atoms. The van der Waals surface area contributed by atoms with Crippen LogP contribution in [-0.2, 0) is 16.1 Å². The highest BCUT2D eigenvalue weighted by Crippen LogP contribution is 2.28. The van der Waals surface area contributed by atoms with Crippen LogP contribution < -0.4 is 16.6 Å². The molecule has 2 rings (SSSR count). The molecule has 110 valence electrons. The van der Waals surface area contributed by atoms with Crippen LogP contribution >= 0.6 is 0 Å². The van der Waals surface area contributed by atoms with Crippen molar-refractivity contribution in [3.05, 3.63) is 28.7 Å². The predicted molar refractivity (Wildman–Crippen MR) is 76.3 cm³/mol. The first-order valence-corrected chi connectivity index (χ1v) is 6.95. The zero-order valence-electron chi connectivity index (χ0n) is 11.5. The smallest absolute Gasteiger partial charge is 0.251 e. The SMILES string of the molecule is Nc1ccc(=O)n(CC(=O)NCCCOCC2CC2)c1. The van der Waals surface area contributed by atoms with Gasteiger partial charge >= 0.3 is 0 Å². The van der Waals surface area contributed by atoms with Gasteiger partial charge in [-0.15, -0.1) is 0 Å². The number of nitrogen functional groups attached to an aromatic ring is 1. The molecule has 1 aliphatic carbocycles. The molecular weight excluding hydrogens is 258 g/mol. The maximum absolute atomic E-state index is 11.7. The van der Waals surface area contributed by atoms with E-state index in [2.05, 4.69) is 5.32 Å². The molecule has 1 aromatic heterocycles. The minimum absolute atomic E-state index is 0.00714. The predicted octanol–water partition coefficient (Wildman–Crippen LogP) is 0.363. The second-order valence-corrected chi connectivity index (χ2v) is 5.15. The summed E-state index contributed by atoms with van der Waals surface area (Å²) in [7, 11) is 0. The molecule has 0 atom stereocenters. The third-order valence-corrected chi connectivity index (χ3v) is 3.16. The second kappa shape index (κ2) is 7.09. The first-order valence-electron chi connectivity index (χ1n) is 6.95. The van der Waals surface area contributed by atoms with E-state index in [0.717, 1.165) is 18.9 Å². The molecule has 1 saturated carbocycles. The van der Waals surface area contributed by atoms with Crippen LogP contribution in [0.5, 0.6) is 0 Å². The lowest BCUT2D eigenvalue weighted by Crippen LogP contribution is -2.32. The van der Waals surface area contributed by atoms with Gasteiger partial charge in [0.25, 0.3) is 5.56 Å². The zero-order chi connectivity index (χ0) is 14.4. The summed E-state index contributed by atoms with van der Waals surface area (Å²) < 4.78 is 6.77. The number of anilines is 1. The fraction of sp³-hybridized carbons (Fsp3) is 0.571. The highest BCUT2D eigenvalue weighted by Gasteiger charge is 2.20. The summed E-state index contributed by atoms with van der Waals surface area (Å²) in [4.78, 5) is 23.2. The Labute approximate surface area is 117 Å². The number of hydrogen-bond acceptors (Lipinski definition) is 4. The van der Waals surface area contributed by atoms with Crippen molar-refractivity contribution in [3.8, 4) is 0 Å². The lowest BCUT2D eigenvalue weighted by molar-refractivity contribution is -0.121. The Kier molecular flexibility index (Phi) is 5.17. The van der Waals surface area contributed by atoms with Crippen LogP contribution in [-0.4, -0.2) is 30.2 Å². The van der Waals surface area contributed by atoms with Gasteiger partial charge in [0.1, 0.15) is 6.54 Å². The van der Waals surface area contributed by atoms with Gasteiger partial charge in [0.05, 0.1) is 0 Å². The highest BCUT2D eigenvalue weighted by atomic mass is 16.5. The summed E-state index contributed by atoms with van der Waals surface area (Å²) in [6, 6.07) is 2.88. The van der Waals surface area contributed by atoms with E-state index < -0.39 is 0 Å². The highest BCUT2D eigenvalue weighted by molar-refractivity contribution is 5.75. The van der Waals surface area contributed by atoms with Crippen LogP contribution in [0.1, 0.15) is 19.3 Å². The van der Waals surface area contributed by atoms with Gasteiger partial charge in [0, 0.05) is 37.7 Å². The Balaban J connectivity index is 1.61. The summed E-state index contributed by atoms with van der Waals surface area (Å²) in [6.45, 7) is 2.05. The first-order chi connectivity index (χ1) is 9.65. The molecule has 0 radical (unpaired) electrons. The van der Waals surface area contributed by atoms with Crippen molar-refractivity contribution in [2.24, 2.45) is 5.92 Å². The van der Waals surface area contributed by atoms with Crippen molar-refractivity contribution in [1.29, 1.82) is 0 Å². The molecule has 0 saturated heterocycles. The molecule has 1 amide bonds. The number of hydrogen-bond donors (Lipinski definition) is 2. The summed E-state index contributed by atoms with van der Waals surface area (Å²) >= 11 is 0. The Morgan fingerprint density at radius 3 is 3.00 bits per heavy atom. The number of rotatable bonds is 8. The number of ether oxygens (including phenoxy) is 1. The van der Waals surface area contributed by atoms with E-state index in [9.17, 15) is 9.59 Å². The number of nitrogens with one attached hydrogen (secondary N) is 1. The molecule has 6 heteroatoms. The van der Waals surface area contributed by atoms with E-state index in [-0.39, 0.29) is 18.0 Å². The first kappa shape index (κ1) is 14.6. The molecule has 0 spiro atoms. The minimum Gasteiger partial charge on any atom is -0.398 e. The quantitative estimate of drug-likeness (QED) is 0.673. The lowest BCUT2D eigenvalue weighted by Gasteiger charge is -2.08. The standard InChI is InChI=1S/C14H21N3O3/c15-12-4-5-14(19)17(8-12)9-13(18)16-6-1-7-20-10-11-2-3-11/h4-5,8,11H,1-3,6-7,9-10,15H2,(H,16,18). The molecule has 0 aromatic carbocycles.